The Morgan fingerprint density at radius 3 is 2.95 bits per heavy atom. The van der Waals surface area contributed by atoms with Gasteiger partial charge in [-0.25, -0.2) is 4.98 Å². The molecule has 0 amide bonds. The van der Waals surface area contributed by atoms with Gasteiger partial charge in [0.2, 0.25) is 0 Å². The van der Waals surface area contributed by atoms with Crippen molar-refractivity contribution >= 4 is 17.0 Å². The SMILES string of the molecule is Cc1csc(CCNc2ccc([C@@H]3CCCN3C)nc2)n1. The zero-order chi connectivity index (χ0) is 14.7. The molecule has 0 bridgehead atoms. The van der Waals surface area contributed by atoms with Crippen LogP contribution in [-0.2, 0) is 6.42 Å². The summed E-state index contributed by atoms with van der Waals surface area (Å²) >= 11 is 1.73. The summed E-state index contributed by atoms with van der Waals surface area (Å²) in [5, 5.41) is 6.71. The van der Waals surface area contributed by atoms with E-state index in [1.165, 1.54) is 30.1 Å². The van der Waals surface area contributed by atoms with Gasteiger partial charge in [-0.1, -0.05) is 0 Å². The molecule has 0 aliphatic carbocycles. The molecule has 2 aromatic rings. The molecule has 0 aromatic carbocycles. The first kappa shape index (κ1) is 14.5. The molecule has 112 valence electrons. The Labute approximate surface area is 130 Å². The van der Waals surface area contributed by atoms with Crippen molar-refractivity contribution < 1.29 is 0 Å². The first-order valence-electron chi connectivity index (χ1n) is 7.53. The van der Waals surface area contributed by atoms with Crippen LogP contribution in [-0.4, -0.2) is 35.0 Å². The second kappa shape index (κ2) is 6.54. The first-order chi connectivity index (χ1) is 10.2. The second-order valence-electron chi connectivity index (χ2n) is 5.67. The van der Waals surface area contributed by atoms with Crippen LogP contribution in [0.3, 0.4) is 0 Å². The minimum absolute atomic E-state index is 0.498. The number of rotatable bonds is 5. The Kier molecular flexibility index (Phi) is 4.51. The van der Waals surface area contributed by atoms with Gasteiger partial charge in [-0.05, 0) is 45.5 Å². The van der Waals surface area contributed by atoms with E-state index in [9.17, 15) is 0 Å². The zero-order valence-corrected chi connectivity index (χ0v) is 13.5. The third-order valence-electron chi connectivity index (χ3n) is 3.98. The molecule has 0 radical (unpaired) electrons. The highest BCUT2D eigenvalue weighted by atomic mass is 32.1. The summed E-state index contributed by atoms with van der Waals surface area (Å²) < 4.78 is 0. The molecule has 0 saturated carbocycles. The summed E-state index contributed by atoms with van der Waals surface area (Å²) in [4.78, 5) is 11.5. The number of aromatic nitrogens is 2. The fourth-order valence-corrected chi connectivity index (χ4v) is 3.60. The molecule has 1 aliphatic rings. The lowest BCUT2D eigenvalue weighted by molar-refractivity contribution is 0.312. The molecule has 1 atom stereocenters. The summed E-state index contributed by atoms with van der Waals surface area (Å²) in [5.41, 5.74) is 3.39. The Hall–Kier alpha value is -1.46. The highest BCUT2D eigenvalue weighted by molar-refractivity contribution is 7.09. The molecule has 0 spiro atoms. The quantitative estimate of drug-likeness (QED) is 0.920. The maximum Gasteiger partial charge on any atom is 0.0945 e. The van der Waals surface area contributed by atoms with Gasteiger partial charge in [-0.2, -0.15) is 0 Å². The van der Waals surface area contributed by atoms with Gasteiger partial charge in [-0.15, -0.1) is 11.3 Å². The smallest absolute Gasteiger partial charge is 0.0945 e. The monoisotopic (exact) mass is 302 g/mol. The van der Waals surface area contributed by atoms with Gasteiger partial charge >= 0.3 is 0 Å². The predicted molar refractivity (Wildman–Crippen MR) is 87.9 cm³/mol. The van der Waals surface area contributed by atoms with Crippen LogP contribution in [0.5, 0.6) is 0 Å². The summed E-state index contributed by atoms with van der Waals surface area (Å²) in [6, 6.07) is 4.79. The molecule has 2 aromatic heterocycles. The van der Waals surface area contributed by atoms with Crippen molar-refractivity contribution in [2.24, 2.45) is 0 Å². The summed E-state index contributed by atoms with van der Waals surface area (Å²) in [5.74, 6) is 0. The van der Waals surface area contributed by atoms with Crippen molar-refractivity contribution in [3.05, 3.63) is 40.1 Å². The molecule has 1 N–H and O–H groups in total. The van der Waals surface area contributed by atoms with Gasteiger partial charge in [-0.3, -0.25) is 9.88 Å². The van der Waals surface area contributed by atoms with Crippen molar-refractivity contribution in [1.29, 1.82) is 0 Å². The Bertz CT molecular complexity index is 578. The van der Waals surface area contributed by atoms with Crippen LogP contribution in [0, 0.1) is 6.92 Å². The molecular weight excluding hydrogens is 280 g/mol. The van der Waals surface area contributed by atoms with Crippen LogP contribution in [0.15, 0.2) is 23.7 Å². The highest BCUT2D eigenvalue weighted by Crippen LogP contribution is 2.29. The maximum atomic E-state index is 4.62. The third kappa shape index (κ3) is 3.60. The lowest BCUT2D eigenvalue weighted by Crippen LogP contribution is -2.18. The topological polar surface area (TPSA) is 41.0 Å². The van der Waals surface area contributed by atoms with Crippen molar-refractivity contribution in [3.63, 3.8) is 0 Å². The van der Waals surface area contributed by atoms with E-state index in [0.29, 0.717) is 6.04 Å². The number of pyridine rings is 1. The number of thiazole rings is 1. The highest BCUT2D eigenvalue weighted by Gasteiger charge is 2.23. The number of nitrogens with zero attached hydrogens (tertiary/aromatic N) is 3. The van der Waals surface area contributed by atoms with Gasteiger partial charge in [0.1, 0.15) is 0 Å². The molecule has 21 heavy (non-hydrogen) atoms. The molecule has 0 unspecified atom stereocenters. The molecule has 1 fully saturated rings. The van der Waals surface area contributed by atoms with E-state index in [1.54, 1.807) is 11.3 Å². The van der Waals surface area contributed by atoms with Gasteiger partial charge in [0, 0.05) is 24.0 Å². The van der Waals surface area contributed by atoms with Crippen molar-refractivity contribution in [3.8, 4) is 0 Å². The third-order valence-corrected chi connectivity index (χ3v) is 5.01. The Morgan fingerprint density at radius 2 is 2.33 bits per heavy atom. The van der Waals surface area contributed by atoms with Gasteiger partial charge in [0.05, 0.1) is 28.6 Å². The largest absolute Gasteiger partial charge is 0.383 e. The average molecular weight is 302 g/mol. The van der Waals surface area contributed by atoms with Gasteiger partial charge < -0.3 is 5.32 Å². The number of aryl methyl sites for hydroxylation is 1. The predicted octanol–water partition coefficient (Wildman–Crippen LogP) is 3.27. The fraction of sp³-hybridized carbons (Fsp3) is 0.500. The zero-order valence-electron chi connectivity index (χ0n) is 12.7. The van der Waals surface area contributed by atoms with Gasteiger partial charge in [0.25, 0.3) is 0 Å². The lowest BCUT2D eigenvalue weighted by Gasteiger charge is -2.18. The van der Waals surface area contributed by atoms with E-state index in [2.05, 4.69) is 44.7 Å². The summed E-state index contributed by atoms with van der Waals surface area (Å²) in [6.45, 7) is 4.12. The number of likely N-dealkylation sites (tertiary alicyclic amines) is 1. The van der Waals surface area contributed by atoms with Crippen molar-refractivity contribution in [2.45, 2.75) is 32.2 Å². The van der Waals surface area contributed by atoms with E-state index in [1.807, 2.05) is 13.1 Å². The van der Waals surface area contributed by atoms with Crippen LogP contribution in [0.1, 0.15) is 35.3 Å². The Balaban J connectivity index is 1.52. The van der Waals surface area contributed by atoms with Crippen LogP contribution >= 0.6 is 11.3 Å². The minimum Gasteiger partial charge on any atom is -0.383 e. The van der Waals surface area contributed by atoms with E-state index >= 15 is 0 Å². The normalized spacial score (nSPS) is 19.0. The number of nitrogens with one attached hydrogen (secondary N) is 1. The van der Waals surface area contributed by atoms with E-state index in [4.69, 9.17) is 0 Å². The van der Waals surface area contributed by atoms with Gasteiger partial charge in [0.15, 0.2) is 0 Å². The van der Waals surface area contributed by atoms with Crippen LogP contribution in [0.25, 0.3) is 0 Å². The fourth-order valence-electron chi connectivity index (χ4n) is 2.82. The average Bonchev–Trinajstić information content (AvgIpc) is 3.09. The van der Waals surface area contributed by atoms with Crippen molar-refractivity contribution in [1.82, 2.24) is 14.9 Å². The molecule has 5 heteroatoms. The molecule has 4 nitrogen and oxygen atoms in total. The molecular formula is C16H22N4S. The molecule has 3 heterocycles. The van der Waals surface area contributed by atoms with Crippen LogP contribution in [0.4, 0.5) is 5.69 Å². The maximum absolute atomic E-state index is 4.62. The summed E-state index contributed by atoms with van der Waals surface area (Å²) in [7, 11) is 2.18. The number of hydrogen-bond donors (Lipinski definition) is 1. The summed E-state index contributed by atoms with van der Waals surface area (Å²) in [6.07, 6.45) is 5.41. The molecule has 1 aliphatic heterocycles. The van der Waals surface area contributed by atoms with Crippen LogP contribution < -0.4 is 5.32 Å². The van der Waals surface area contributed by atoms with E-state index in [0.717, 1.165) is 24.3 Å². The second-order valence-corrected chi connectivity index (χ2v) is 6.61. The Morgan fingerprint density at radius 1 is 1.43 bits per heavy atom. The molecule has 1 saturated heterocycles. The first-order valence-corrected chi connectivity index (χ1v) is 8.41. The van der Waals surface area contributed by atoms with Crippen LogP contribution in [0.2, 0.25) is 0 Å². The molecule has 3 rings (SSSR count). The number of anilines is 1. The van der Waals surface area contributed by atoms with E-state index < -0.39 is 0 Å². The van der Waals surface area contributed by atoms with E-state index in [-0.39, 0.29) is 0 Å². The minimum atomic E-state index is 0.498. The lowest BCUT2D eigenvalue weighted by atomic mass is 10.1. The standard InChI is InChI=1S/C16H22N4S/c1-12-11-21-16(19-12)7-8-17-13-5-6-14(18-10-13)15-4-3-9-20(15)2/h5-6,10-11,15,17H,3-4,7-9H2,1-2H3/t15-/m0/s1. The number of hydrogen-bond acceptors (Lipinski definition) is 5. The van der Waals surface area contributed by atoms with Crippen molar-refractivity contribution in [2.75, 3.05) is 25.5 Å².